The van der Waals surface area contributed by atoms with Gasteiger partial charge in [-0.3, -0.25) is 9.78 Å². The highest BCUT2D eigenvalue weighted by Gasteiger charge is 2.38. The average molecular weight is 465 g/mol. The lowest BCUT2D eigenvalue weighted by atomic mass is 10.1. The molecule has 0 unspecified atom stereocenters. The summed E-state index contributed by atoms with van der Waals surface area (Å²) in [6.07, 6.45) is -9.68. The molecule has 0 bridgehead atoms. The van der Waals surface area contributed by atoms with E-state index in [1.54, 1.807) is 5.32 Å². The first kappa shape index (κ1) is 22.4. The summed E-state index contributed by atoms with van der Waals surface area (Å²) >= 11 is 6.07. The minimum absolute atomic E-state index is 0.0656. The molecule has 2 N–H and O–H groups in total. The molecule has 0 spiro atoms. The molecule has 3 aromatic rings. The standard InChI is InChI=1S/C18H11ClF6N4O2/c19-13-5-4-9(8-26-15(30)18(23,24)25)6-12(13)14-27-16(31)29(28-14)11-3-1-2-10(7-11)17(20,21)22/h1-7H,8H2,(H,26,30)(H,27,28,31). The Morgan fingerprint density at radius 2 is 1.81 bits per heavy atom. The molecule has 1 heterocycles. The van der Waals surface area contributed by atoms with Crippen molar-refractivity contribution in [3.05, 3.63) is 69.1 Å². The van der Waals surface area contributed by atoms with Gasteiger partial charge in [-0.05, 0) is 35.9 Å². The van der Waals surface area contributed by atoms with E-state index in [0.29, 0.717) is 4.68 Å². The van der Waals surface area contributed by atoms with Crippen LogP contribution < -0.4 is 11.0 Å². The molecule has 1 amide bonds. The summed E-state index contributed by atoms with van der Waals surface area (Å²) in [4.78, 5) is 25.5. The molecule has 0 atom stereocenters. The Labute approximate surface area is 174 Å². The number of benzene rings is 2. The lowest BCUT2D eigenvalue weighted by Gasteiger charge is -2.09. The summed E-state index contributed by atoms with van der Waals surface area (Å²) in [6.45, 7) is -0.485. The molecular weight excluding hydrogens is 454 g/mol. The van der Waals surface area contributed by atoms with Gasteiger partial charge in [-0.25, -0.2) is 4.79 Å². The van der Waals surface area contributed by atoms with E-state index in [0.717, 1.165) is 18.2 Å². The Hall–Kier alpha value is -3.28. The molecular formula is C18H11ClF6N4O2. The number of alkyl halides is 6. The van der Waals surface area contributed by atoms with Crippen molar-refractivity contribution in [1.82, 2.24) is 20.1 Å². The highest BCUT2D eigenvalue weighted by Crippen LogP contribution is 2.30. The van der Waals surface area contributed by atoms with Gasteiger partial charge in [-0.1, -0.05) is 23.7 Å². The molecule has 0 fully saturated rings. The predicted octanol–water partition coefficient (Wildman–Crippen LogP) is 4.08. The van der Waals surface area contributed by atoms with Crippen LogP contribution in [0.5, 0.6) is 0 Å². The van der Waals surface area contributed by atoms with Crippen molar-refractivity contribution < 1.29 is 31.1 Å². The van der Waals surface area contributed by atoms with Crippen molar-refractivity contribution in [2.45, 2.75) is 18.9 Å². The number of rotatable bonds is 4. The zero-order chi connectivity index (χ0) is 23.0. The van der Waals surface area contributed by atoms with E-state index < -0.39 is 36.1 Å². The Kier molecular flexibility index (Phi) is 5.85. The normalized spacial score (nSPS) is 12.1. The molecule has 31 heavy (non-hydrogen) atoms. The third-order valence-electron chi connectivity index (χ3n) is 4.03. The number of nitrogens with zero attached hydrogens (tertiary/aromatic N) is 2. The van der Waals surface area contributed by atoms with Crippen molar-refractivity contribution in [2.75, 3.05) is 0 Å². The minimum atomic E-state index is -5.05. The summed E-state index contributed by atoms with van der Waals surface area (Å²) < 4.78 is 76.4. The van der Waals surface area contributed by atoms with Gasteiger partial charge in [0.2, 0.25) is 0 Å². The van der Waals surface area contributed by atoms with Gasteiger partial charge in [0.1, 0.15) is 0 Å². The first-order chi connectivity index (χ1) is 14.4. The topological polar surface area (TPSA) is 79.8 Å². The van der Waals surface area contributed by atoms with E-state index in [1.807, 2.05) is 0 Å². The maximum absolute atomic E-state index is 12.9. The van der Waals surface area contributed by atoms with Gasteiger partial charge in [0, 0.05) is 12.1 Å². The molecule has 1 aromatic heterocycles. The molecule has 3 rings (SSSR count). The molecule has 0 aliphatic carbocycles. The lowest BCUT2D eigenvalue weighted by Crippen LogP contribution is -2.36. The molecule has 0 aliphatic heterocycles. The molecule has 0 saturated carbocycles. The van der Waals surface area contributed by atoms with E-state index >= 15 is 0 Å². The van der Waals surface area contributed by atoms with Gasteiger partial charge in [0.25, 0.3) is 0 Å². The number of carbonyl (C=O) groups is 1. The van der Waals surface area contributed by atoms with E-state index in [4.69, 9.17) is 11.6 Å². The molecule has 0 radical (unpaired) electrons. The number of H-pyrrole nitrogens is 1. The van der Waals surface area contributed by atoms with Gasteiger partial charge in [0.05, 0.1) is 16.3 Å². The van der Waals surface area contributed by atoms with Crippen molar-refractivity contribution in [3.63, 3.8) is 0 Å². The van der Waals surface area contributed by atoms with E-state index in [1.165, 1.54) is 24.3 Å². The van der Waals surface area contributed by atoms with Gasteiger partial charge in [0.15, 0.2) is 5.82 Å². The Morgan fingerprint density at radius 1 is 1.10 bits per heavy atom. The minimum Gasteiger partial charge on any atom is -0.344 e. The quantitative estimate of drug-likeness (QED) is 0.571. The Morgan fingerprint density at radius 3 is 2.45 bits per heavy atom. The lowest BCUT2D eigenvalue weighted by molar-refractivity contribution is -0.173. The first-order valence-corrected chi connectivity index (χ1v) is 8.75. The number of hydrogen-bond donors (Lipinski definition) is 2. The Balaban J connectivity index is 1.93. The number of nitrogens with one attached hydrogen (secondary N) is 2. The molecule has 0 aliphatic rings. The van der Waals surface area contributed by atoms with Crippen LogP contribution >= 0.6 is 11.6 Å². The maximum atomic E-state index is 12.9. The van der Waals surface area contributed by atoms with Crippen molar-refractivity contribution >= 4 is 17.5 Å². The summed E-state index contributed by atoms with van der Waals surface area (Å²) in [7, 11) is 0. The summed E-state index contributed by atoms with van der Waals surface area (Å²) in [6, 6.07) is 7.86. The van der Waals surface area contributed by atoms with Crippen molar-refractivity contribution in [3.8, 4) is 17.1 Å². The summed E-state index contributed by atoms with van der Waals surface area (Å²) in [5.74, 6) is -2.26. The third kappa shape index (κ3) is 5.08. The average Bonchev–Trinajstić information content (AvgIpc) is 3.07. The van der Waals surface area contributed by atoms with E-state index in [9.17, 15) is 35.9 Å². The predicted molar refractivity (Wildman–Crippen MR) is 97.5 cm³/mol. The fourth-order valence-electron chi connectivity index (χ4n) is 2.58. The highest BCUT2D eigenvalue weighted by atomic mass is 35.5. The second-order valence-corrected chi connectivity index (χ2v) is 6.64. The smallest absolute Gasteiger partial charge is 0.344 e. The van der Waals surface area contributed by atoms with Crippen LogP contribution in [0.4, 0.5) is 26.3 Å². The highest BCUT2D eigenvalue weighted by molar-refractivity contribution is 6.33. The number of aromatic amines is 1. The number of amides is 1. The molecule has 13 heteroatoms. The van der Waals surface area contributed by atoms with Gasteiger partial charge >= 0.3 is 23.9 Å². The second kappa shape index (κ2) is 8.10. The monoisotopic (exact) mass is 464 g/mol. The van der Waals surface area contributed by atoms with Crippen LogP contribution in [0, 0.1) is 0 Å². The van der Waals surface area contributed by atoms with Crippen LogP contribution in [0.15, 0.2) is 47.3 Å². The van der Waals surface area contributed by atoms with Crippen molar-refractivity contribution in [2.24, 2.45) is 0 Å². The van der Waals surface area contributed by atoms with Gasteiger partial charge in [-0.2, -0.15) is 31.0 Å². The van der Waals surface area contributed by atoms with Crippen LogP contribution in [0.2, 0.25) is 5.02 Å². The van der Waals surface area contributed by atoms with Crippen LogP contribution in [0.25, 0.3) is 17.1 Å². The number of aromatic nitrogens is 3. The van der Waals surface area contributed by atoms with Gasteiger partial charge < -0.3 is 5.32 Å². The van der Waals surface area contributed by atoms with Crippen LogP contribution in [-0.2, 0) is 17.5 Å². The number of halogens is 7. The third-order valence-corrected chi connectivity index (χ3v) is 4.36. The van der Waals surface area contributed by atoms with E-state index in [2.05, 4.69) is 10.1 Å². The largest absolute Gasteiger partial charge is 0.471 e. The van der Waals surface area contributed by atoms with E-state index in [-0.39, 0.29) is 27.7 Å². The summed E-state index contributed by atoms with van der Waals surface area (Å²) in [5, 5.41) is 5.69. The molecule has 0 saturated heterocycles. The maximum Gasteiger partial charge on any atom is 0.471 e. The Bertz CT molecular complexity index is 1180. The number of carbonyl (C=O) groups excluding carboxylic acids is 1. The first-order valence-electron chi connectivity index (χ1n) is 8.37. The van der Waals surface area contributed by atoms with Crippen LogP contribution in [-0.4, -0.2) is 26.8 Å². The van der Waals surface area contributed by atoms with Crippen LogP contribution in [0.1, 0.15) is 11.1 Å². The van der Waals surface area contributed by atoms with Crippen LogP contribution in [0.3, 0.4) is 0 Å². The second-order valence-electron chi connectivity index (χ2n) is 6.23. The number of hydrogen-bond acceptors (Lipinski definition) is 3. The zero-order valence-corrected chi connectivity index (χ0v) is 15.9. The fraction of sp³-hybridized carbons (Fsp3) is 0.167. The zero-order valence-electron chi connectivity index (χ0n) is 15.1. The SMILES string of the molecule is O=C(NCc1ccc(Cl)c(-c2nn(-c3cccc(C(F)(F)F)c3)c(=O)[nH]2)c1)C(F)(F)F. The molecule has 6 nitrogen and oxygen atoms in total. The van der Waals surface area contributed by atoms with Crippen molar-refractivity contribution in [1.29, 1.82) is 0 Å². The fourth-order valence-corrected chi connectivity index (χ4v) is 2.79. The molecule has 2 aromatic carbocycles. The molecule has 164 valence electrons. The van der Waals surface area contributed by atoms with Gasteiger partial charge in [-0.15, -0.1) is 5.10 Å². The summed E-state index contributed by atoms with van der Waals surface area (Å²) in [5.41, 5.74) is -1.69.